The lowest BCUT2D eigenvalue weighted by atomic mass is 10.1. The van der Waals surface area contributed by atoms with E-state index in [9.17, 15) is 5.11 Å². The predicted octanol–water partition coefficient (Wildman–Crippen LogP) is 3.14. The molecular formula is C14H18N2O2. The van der Waals surface area contributed by atoms with Gasteiger partial charge in [0.05, 0.1) is 18.5 Å². The van der Waals surface area contributed by atoms with E-state index in [1.54, 1.807) is 6.20 Å². The first-order valence-corrected chi connectivity index (χ1v) is 6.21. The fraction of sp³-hybridized carbons (Fsp3) is 0.357. The summed E-state index contributed by atoms with van der Waals surface area (Å²) in [5, 5.41) is 13.8. The molecule has 2 rings (SSSR count). The Morgan fingerprint density at radius 2 is 1.94 bits per heavy atom. The van der Waals surface area contributed by atoms with Gasteiger partial charge in [0.1, 0.15) is 5.75 Å². The highest BCUT2D eigenvalue weighted by atomic mass is 16.5. The van der Waals surface area contributed by atoms with Crippen molar-refractivity contribution in [3.8, 4) is 11.5 Å². The molecule has 4 heteroatoms. The number of nitrogens with zero attached hydrogens (tertiary/aromatic N) is 2. The number of hydrogen-bond acceptors (Lipinski definition) is 3. The maximum atomic E-state index is 9.69. The highest BCUT2D eigenvalue weighted by Gasteiger charge is 2.05. The van der Waals surface area contributed by atoms with E-state index in [4.69, 9.17) is 4.74 Å². The van der Waals surface area contributed by atoms with E-state index >= 15 is 0 Å². The molecule has 18 heavy (non-hydrogen) atoms. The summed E-state index contributed by atoms with van der Waals surface area (Å²) < 4.78 is 7.47. The average Bonchev–Trinajstić information content (AvgIpc) is 2.86. The van der Waals surface area contributed by atoms with Gasteiger partial charge in [-0.05, 0) is 31.0 Å². The lowest BCUT2D eigenvalue weighted by Crippen LogP contribution is -1.94. The van der Waals surface area contributed by atoms with Gasteiger partial charge in [-0.15, -0.1) is 0 Å². The van der Waals surface area contributed by atoms with E-state index in [1.807, 2.05) is 49.0 Å². The largest absolute Gasteiger partial charge is 0.454 e. The first-order chi connectivity index (χ1) is 8.72. The summed E-state index contributed by atoms with van der Waals surface area (Å²) in [5.74, 6) is 1.47. The van der Waals surface area contributed by atoms with Crippen LogP contribution < -0.4 is 4.74 Å². The highest BCUT2D eigenvalue weighted by Crippen LogP contribution is 2.23. The van der Waals surface area contributed by atoms with Crippen LogP contribution in [0.25, 0.3) is 0 Å². The predicted molar refractivity (Wildman–Crippen MR) is 69.7 cm³/mol. The van der Waals surface area contributed by atoms with E-state index in [-0.39, 0.29) is 0 Å². The summed E-state index contributed by atoms with van der Waals surface area (Å²) in [5.41, 5.74) is 0.911. The molecule has 1 aromatic heterocycles. The van der Waals surface area contributed by atoms with E-state index in [2.05, 4.69) is 5.10 Å². The molecule has 1 aromatic carbocycles. The molecule has 0 fully saturated rings. The second kappa shape index (κ2) is 5.69. The molecule has 0 aliphatic rings. The van der Waals surface area contributed by atoms with E-state index in [0.717, 1.165) is 23.6 Å². The van der Waals surface area contributed by atoms with Gasteiger partial charge >= 0.3 is 0 Å². The topological polar surface area (TPSA) is 47.3 Å². The molecule has 0 aliphatic carbocycles. The first-order valence-electron chi connectivity index (χ1n) is 6.21. The molecule has 1 N–H and O–H groups in total. The summed E-state index contributed by atoms with van der Waals surface area (Å²) in [6.45, 7) is 4.80. The molecule has 0 saturated heterocycles. The second-order valence-electron chi connectivity index (χ2n) is 4.13. The van der Waals surface area contributed by atoms with Crippen LogP contribution in [0.2, 0.25) is 0 Å². The number of aliphatic hydroxyl groups is 1. The van der Waals surface area contributed by atoms with Crippen LogP contribution in [-0.2, 0) is 6.54 Å². The zero-order valence-corrected chi connectivity index (χ0v) is 10.7. The number of ether oxygens (including phenoxy) is 1. The summed E-state index contributed by atoms with van der Waals surface area (Å²) in [6, 6.07) is 7.48. The third-order valence-corrected chi connectivity index (χ3v) is 2.82. The van der Waals surface area contributed by atoms with Crippen LogP contribution in [-0.4, -0.2) is 14.9 Å². The van der Waals surface area contributed by atoms with Crippen LogP contribution in [0.1, 0.15) is 31.9 Å². The van der Waals surface area contributed by atoms with Crippen molar-refractivity contribution in [2.24, 2.45) is 0 Å². The second-order valence-corrected chi connectivity index (χ2v) is 4.13. The van der Waals surface area contributed by atoms with Crippen molar-refractivity contribution < 1.29 is 9.84 Å². The molecule has 0 bridgehead atoms. The molecule has 96 valence electrons. The van der Waals surface area contributed by atoms with Crippen molar-refractivity contribution in [3.05, 3.63) is 42.2 Å². The number of hydrogen-bond donors (Lipinski definition) is 1. The van der Waals surface area contributed by atoms with Crippen molar-refractivity contribution in [2.75, 3.05) is 0 Å². The maximum Gasteiger partial charge on any atom is 0.165 e. The standard InChI is InChI=1S/C14H18N2O2/c1-3-14(17)11-5-7-12(8-6-11)18-13-9-15-16(4-2)10-13/h5-10,14,17H,3-4H2,1-2H3. The summed E-state index contributed by atoms with van der Waals surface area (Å²) in [7, 11) is 0. The van der Waals surface area contributed by atoms with Crippen molar-refractivity contribution in [1.82, 2.24) is 9.78 Å². The molecule has 0 radical (unpaired) electrons. The summed E-state index contributed by atoms with van der Waals surface area (Å²) in [4.78, 5) is 0. The minimum atomic E-state index is -0.401. The Morgan fingerprint density at radius 3 is 2.50 bits per heavy atom. The van der Waals surface area contributed by atoms with Gasteiger partial charge in [-0.1, -0.05) is 19.1 Å². The molecule has 1 unspecified atom stereocenters. The molecule has 1 atom stereocenters. The van der Waals surface area contributed by atoms with Crippen LogP contribution in [0.4, 0.5) is 0 Å². The van der Waals surface area contributed by atoms with Gasteiger partial charge in [-0.3, -0.25) is 4.68 Å². The van der Waals surface area contributed by atoms with Gasteiger partial charge in [0.15, 0.2) is 5.75 Å². The first kappa shape index (κ1) is 12.6. The van der Waals surface area contributed by atoms with Crippen molar-refractivity contribution in [3.63, 3.8) is 0 Å². The SMILES string of the molecule is CCC(O)c1ccc(Oc2cnn(CC)c2)cc1. The Hall–Kier alpha value is -1.81. The molecule has 0 saturated carbocycles. The van der Waals surface area contributed by atoms with Crippen LogP contribution in [0, 0.1) is 0 Å². The third kappa shape index (κ3) is 2.90. The Labute approximate surface area is 107 Å². The smallest absolute Gasteiger partial charge is 0.165 e. The molecule has 1 heterocycles. The molecule has 0 aliphatic heterocycles. The van der Waals surface area contributed by atoms with Gasteiger partial charge in [0, 0.05) is 6.54 Å². The fourth-order valence-electron chi connectivity index (χ4n) is 1.70. The normalized spacial score (nSPS) is 12.4. The minimum absolute atomic E-state index is 0.401. The monoisotopic (exact) mass is 246 g/mol. The average molecular weight is 246 g/mol. The zero-order valence-electron chi connectivity index (χ0n) is 10.7. The number of aliphatic hydroxyl groups excluding tert-OH is 1. The number of aryl methyl sites for hydroxylation is 1. The quantitative estimate of drug-likeness (QED) is 0.881. The fourth-order valence-corrected chi connectivity index (χ4v) is 1.70. The van der Waals surface area contributed by atoms with Gasteiger partial charge in [0.2, 0.25) is 0 Å². The number of aromatic nitrogens is 2. The van der Waals surface area contributed by atoms with E-state index in [1.165, 1.54) is 0 Å². The van der Waals surface area contributed by atoms with Crippen LogP contribution in [0.3, 0.4) is 0 Å². The van der Waals surface area contributed by atoms with Gasteiger partial charge in [0.25, 0.3) is 0 Å². The maximum absolute atomic E-state index is 9.69. The van der Waals surface area contributed by atoms with E-state index in [0.29, 0.717) is 6.42 Å². The van der Waals surface area contributed by atoms with Gasteiger partial charge in [-0.2, -0.15) is 5.10 Å². The molecule has 4 nitrogen and oxygen atoms in total. The minimum Gasteiger partial charge on any atom is -0.454 e. The Morgan fingerprint density at radius 1 is 1.22 bits per heavy atom. The summed E-state index contributed by atoms with van der Waals surface area (Å²) in [6.07, 6.45) is 3.86. The zero-order chi connectivity index (χ0) is 13.0. The number of rotatable bonds is 5. The molecule has 0 spiro atoms. The number of benzene rings is 1. The van der Waals surface area contributed by atoms with Crippen LogP contribution in [0.15, 0.2) is 36.7 Å². The van der Waals surface area contributed by atoms with Crippen molar-refractivity contribution in [1.29, 1.82) is 0 Å². The third-order valence-electron chi connectivity index (χ3n) is 2.82. The van der Waals surface area contributed by atoms with Crippen molar-refractivity contribution >= 4 is 0 Å². The molecule has 0 amide bonds. The van der Waals surface area contributed by atoms with E-state index < -0.39 is 6.10 Å². The van der Waals surface area contributed by atoms with Gasteiger partial charge in [-0.25, -0.2) is 0 Å². The van der Waals surface area contributed by atoms with Gasteiger partial charge < -0.3 is 9.84 Å². The Kier molecular flexibility index (Phi) is 3.99. The Balaban J connectivity index is 2.06. The van der Waals surface area contributed by atoms with Crippen LogP contribution in [0.5, 0.6) is 11.5 Å². The van der Waals surface area contributed by atoms with Crippen LogP contribution >= 0.6 is 0 Å². The lowest BCUT2D eigenvalue weighted by Gasteiger charge is -2.09. The Bertz CT molecular complexity index is 491. The molecule has 2 aromatic rings. The van der Waals surface area contributed by atoms with Crippen molar-refractivity contribution in [2.45, 2.75) is 32.9 Å². The summed E-state index contributed by atoms with van der Waals surface area (Å²) >= 11 is 0. The lowest BCUT2D eigenvalue weighted by molar-refractivity contribution is 0.173. The highest BCUT2D eigenvalue weighted by molar-refractivity contribution is 5.32. The molecular weight excluding hydrogens is 228 g/mol.